The molecular weight excluding hydrogens is 402 g/mol. The summed E-state index contributed by atoms with van der Waals surface area (Å²) in [6, 6.07) is 11.6. The molecule has 3 aromatic rings. The van der Waals surface area contributed by atoms with Gasteiger partial charge in [-0.3, -0.25) is 9.69 Å². The lowest BCUT2D eigenvalue weighted by atomic mass is 10.1. The highest BCUT2D eigenvalue weighted by Gasteiger charge is 2.13. The monoisotopic (exact) mass is 433 g/mol. The summed E-state index contributed by atoms with van der Waals surface area (Å²) in [6.45, 7) is 2.00. The van der Waals surface area contributed by atoms with Crippen LogP contribution < -0.4 is 21.6 Å². The number of hydrogen-bond acceptors (Lipinski definition) is 6. The fraction of sp³-hybridized carbons (Fsp3) is 0.280. The van der Waals surface area contributed by atoms with Gasteiger partial charge in [0, 0.05) is 49.5 Å². The van der Waals surface area contributed by atoms with E-state index in [1.54, 1.807) is 19.5 Å². The van der Waals surface area contributed by atoms with Gasteiger partial charge in [-0.15, -0.1) is 0 Å². The van der Waals surface area contributed by atoms with Crippen LogP contribution in [-0.2, 0) is 20.1 Å². The van der Waals surface area contributed by atoms with Crippen LogP contribution in [0.3, 0.4) is 0 Å². The molecule has 0 aliphatic heterocycles. The maximum Gasteiger partial charge on any atom is 0.213 e. The summed E-state index contributed by atoms with van der Waals surface area (Å²) in [4.78, 5) is 19.6. The van der Waals surface area contributed by atoms with E-state index >= 15 is 0 Å². The van der Waals surface area contributed by atoms with Crippen LogP contribution in [0.1, 0.15) is 24.0 Å². The van der Waals surface area contributed by atoms with Gasteiger partial charge in [0.2, 0.25) is 5.88 Å². The Bertz CT molecular complexity index is 1170. The number of hydrogen-bond donors (Lipinski definition) is 2. The number of aromatic nitrogens is 2. The van der Waals surface area contributed by atoms with Crippen molar-refractivity contribution in [1.82, 2.24) is 14.5 Å². The average Bonchev–Trinajstić information content (AvgIpc) is 2.81. The smallest absolute Gasteiger partial charge is 0.213 e. The first-order valence-electron chi connectivity index (χ1n) is 10.6. The summed E-state index contributed by atoms with van der Waals surface area (Å²) in [5, 5.41) is 0.736. The zero-order valence-corrected chi connectivity index (χ0v) is 18.7. The maximum atomic E-state index is 13.2. The third kappa shape index (κ3) is 5.76. The zero-order chi connectivity index (χ0) is 22.9. The quantitative estimate of drug-likeness (QED) is 0.477. The molecule has 7 heteroatoms. The Morgan fingerprint density at radius 2 is 2.03 bits per heavy atom. The van der Waals surface area contributed by atoms with Crippen LogP contribution in [0.5, 0.6) is 5.88 Å². The summed E-state index contributed by atoms with van der Waals surface area (Å²) >= 11 is 0. The molecule has 0 radical (unpaired) electrons. The Labute approximate surface area is 188 Å². The van der Waals surface area contributed by atoms with E-state index < -0.39 is 0 Å². The molecule has 168 valence electrons. The van der Waals surface area contributed by atoms with Gasteiger partial charge in [-0.2, -0.15) is 0 Å². The van der Waals surface area contributed by atoms with Crippen LogP contribution in [0.2, 0.25) is 0 Å². The largest absolute Gasteiger partial charge is 0.481 e. The number of nitrogens with two attached hydrogens (primary N) is 2. The van der Waals surface area contributed by atoms with Crippen molar-refractivity contribution in [1.29, 1.82) is 0 Å². The second-order valence-electron chi connectivity index (χ2n) is 7.73. The van der Waals surface area contributed by atoms with Gasteiger partial charge >= 0.3 is 0 Å². The standard InChI is InChI=1S/C25H31N5O2/c1-29-17-21(25(31)22-7-3-4-8-23(22)29)18-30(13-5-6-19(15-27)9-11-26)16-20-10-12-28-24(14-20)32-2/h3-4,7-12,14-15,17H,5-6,13,16,18,26-27H2,1-2H3/b11-9-,19-15-. The number of nitrogens with zero attached hydrogens (tertiary/aromatic N) is 3. The van der Waals surface area contributed by atoms with Crippen molar-refractivity contribution < 1.29 is 4.74 Å². The molecule has 1 aromatic carbocycles. The maximum absolute atomic E-state index is 13.2. The summed E-state index contributed by atoms with van der Waals surface area (Å²) in [6.07, 6.45) is 10.3. The molecule has 0 spiro atoms. The highest BCUT2D eigenvalue weighted by Crippen LogP contribution is 2.16. The molecule has 7 nitrogen and oxygen atoms in total. The summed E-state index contributed by atoms with van der Waals surface area (Å²) in [7, 11) is 3.58. The van der Waals surface area contributed by atoms with Gasteiger partial charge < -0.3 is 20.8 Å². The molecule has 2 heterocycles. The predicted molar refractivity (Wildman–Crippen MR) is 129 cm³/mol. The minimum absolute atomic E-state index is 0.0737. The number of benzene rings is 1. The fourth-order valence-electron chi connectivity index (χ4n) is 3.85. The number of rotatable bonds is 10. The second kappa shape index (κ2) is 11.2. The minimum Gasteiger partial charge on any atom is -0.481 e. The van der Waals surface area contributed by atoms with Crippen LogP contribution >= 0.6 is 0 Å². The molecule has 3 rings (SSSR count). The fourth-order valence-corrected chi connectivity index (χ4v) is 3.85. The molecule has 4 N–H and O–H groups in total. The first-order chi connectivity index (χ1) is 15.5. The van der Waals surface area contributed by atoms with Crippen molar-refractivity contribution in [2.24, 2.45) is 18.5 Å². The number of aryl methyl sites for hydroxylation is 1. The SMILES string of the molecule is COc1cc(CN(CCCC(/C=C\N)=C/N)Cc2cn(C)c3ccccc3c2=O)ccn1. The van der Waals surface area contributed by atoms with Crippen LogP contribution in [0.25, 0.3) is 10.9 Å². The van der Waals surface area contributed by atoms with Crippen LogP contribution in [-0.4, -0.2) is 28.1 Å². The lowest BCUT2D eigenvalue weighted by Crippen LogP contribution is -2.28. The molecular formula is C25H31N5O2. The van der Waals surface area contributed by atoms with E-state index in [9.17, 15) is 4.79 Å². The van der Waals surface area contributed by atoms with E-state index in [-0.39, 0.29) is 5.43 Å². The van der Waals surface area contributed by atoms with Crippen molar-refractivity contribution >= 4 is 10.9 Å². The van der Waals surface area contributed by atoms with Crippen LogP contribution in [0.15, 0.2) is 77.6 Å². The molecule has 0 amide bonds. The van der Waals surface area contributed by atoms with Crippen LogP contribution in [0.4, 0.5) is 0 Å². The van der Waals surface area contributed by atoms with E-state index in [1.807, 2.05) is 60.3 Å². The average molecular weight is 434 g/mol. The predicted octanol–water partition coefficient (Wildman–Crippen LogP) is 3.04. The molecule has 0 aliphatic carbocycles. The molecule has 2 aromatic heterocycles. The van der Waals surface area contributed by atoms with Gasteiger partial charge in [-0.1, -0.05) is 12.1 Å². The Hall–Kier alpha value is -3.58. The number of para-hydroxylation sites is 1. The highest BCUT2D eigenvalue weighted by molar-refractivity contribution is 5.79. The number of pyridine rings is 2. The first kappa shape index (κ1) is 23.1. The third-order valence-electron chi connectivity index (χ3n) is 5.44. The van der Waals surface area contributed by atoms with Crippen molar-refractivity contribution in [2.45, 2.75) is 25.9 Å². The van der Waals surface area contributed by atoms with E-state index in [0.717, 1.165) is 47.0 Å². The number of methoxy groups -OCH3 is 1. The first-order valence-corrected chi connectivity index (χ1v) is 10.6. The van der Waals surface area contributed by atoms with Gasteiger partial charge in [-0.25, -0.2) is 4.98 Å². The molecule has 32 heavy (non-hydrogen) atoms. The van der Waals surface area contributed by atoms with Gasteiger partial charge in [0.25, 0.3) is 0 Å². The molecule has 0 atom stereocenters. The van der Waals surface area contributed by atoms with Crippen molar-refractivity contribution in [3.8, 4) is 5.88 Å². The minimum atomic E-state index is 0.0737. The molecule has 0 saturated carbocycles. The van der Waals surface area contributed by atoms with E-state index in [4.69, 9.17) is 16.2 Å². The van der Waals surface area contributed by atoms with Gasteiger partial charge in [0.1, 0.15) is 0 Å². The number of allylic oxidation sites excluding steroid dienone is 2. The molecule has 0 aliphatic rings. The second-order valence-corrected chi connectivity index (χ2v) is 7.73. The van der Waals surface area contributed by atoms with Crippen LogP contribution in [0, 0.1) is 0 Å². The Balaban J connectivity index is 1.85. The topological polar surface area (TPSA) is 99.4 Å². The summed E-state index contributed by atoms with van der Waals surface area (Å²) in [5.74, 6) is 0.575. The molecule has 0 unspecified atom stereocenters. The van der Waals surface area contributed by atoms with E-state index in [1.165, 1.54) is 6.20 Å². The molecule has 0 bridgehead atoms. The van der Waals surface area contributed by atoms with Crippen molar-refractivity contribution in [2.75, 3.05) is 13.7 Å². The van der Waals surface area contributed by atoms with Gasteiger partial charge in [0.05, 0.1) is 12.6 Å². The molecule has 0 saturated heterocycles. The lowest BCUT2D eigenvalue weighted by molar-refractivity contribution is 0.252. The number of fused-ring (bicyclic) bond motifs is 1. The Morgan fingerprint density at radius 3 is 2.78 bits per heavy atom. The normalized spacial score (nSPS) is 12.2. The summed E-state index contributed by atoms with van der Waals surface area (Å²) in [5.41, 5.74) is 15.0. The Morgan fingerprint density at radius 1 is 1.22 bits per heavy atom. The third-order valence-corrected chi connectivity index (χ3v) is 5.44. The zero-order valence-electron chi connectivity index (χ0n) is 18.7. The van der Waals surface area contributed by atoms with Crippen molar-refractivity contribution in [3.05, 3.63) is 94.2 Å². The van der Waals surface area contributed by atoms with E-state index in [0.29, 0.717) is 19.0 Å². The molecule has 0 fully saturated rings. The van der Waals surface area contributed by atoms with E-state index in [2.05, 4.69) is 9.88 Å². The van der Waals surface area contributed by atoms with Gasteiger partial charge in [0.15, 0.2) is 5.43 Å². The highest BCUT2D eigenvalue weighted by atomic mass is 16.5. The van der Waals surface area contributed by atoms with Gasteiger partial charge in [-0.05, 0) is 67.2 Å². The van der Waals surface area contributed by atoms with Crippen molar-refractivity contribution in [3.63, 3.8) is 0 Å². The lowest BCUT2D eigenvalue weighted by Gasteiger charge is -2.23. The Kier molecular flexibility index (Phi) is 8.05. The summed E-state index contributed by atoms with van der Waals surface area (Å²) < 4.78 is 7.28. The number of ether oxygens (including phenoxy) is 1.